The molecule has 2 rings (SSSR count). The molecule has 0 radical (unpaired) electrons. The Morgan fingerprint density at radius 3 is 3.05 bits per heavy atom. The van der Waals surface area contributed by atoms with Crippen molar-refractivity contribution < 1.29 is 9.53 Å². The van der Waals surface area contributed by atoms with Crippen molar-refractivity contribution in [2.24, 2.45) is 5.92 Å². The lowest BCUT2D eigenvalue weighted by Gasteiger charge is -2.22. The third-order valence-corrected chi connectivity index (χ3v) is 3.65. The molecule has 1 aliphatic rings. The van der Waals surface area contributed by atoms with Gasteiger partial charge in [-0.15, -0.1) is 0 Å². The summed E-state index contributed by atoms with van der Waals surface area (Å²) < 4.78 is 5.38. The second-order valence-corrected chi connectivity index (χ2v) is 5.29. The molecule has 5 heteroatoms. The van der Waals surface area contributed by atoms with Crippen LogP contribution in [0.2, 0.25) is 5.02 Å². The van der Waals surface area contributed by atoms with Gasteiger partial charge in [-0.05, 0) is 49.4 Å². The zero-order valence-corrected chi connectivity index (χ0v) is 11.8. The number of hydrogen-bond donors (Lipinski definition) is 2. The minimum Gasteiger partial charge on any atom is -0.381 e. The van der Waals surface area contributed by atoms with E-state index >= 15 is 0 Å². The molecular formula is C14H19ClN2O2. The monoisotopic (exact) mass is 282 g/mol. The summed E-state index contributed by atoms with van der Waals surface area (Å²) in [7, 11) is 0. The van der Waals surface area contributed by atoms with Crippen LogP contribution >= 0.6 is 11.6 Å². The molecule has 0 bridgehead atoms. The van der Waals surface area contributed by atoms with Gasteiger partial charge in [0.15, 0.2) is 0 Å². The molecule has 1 aromatic rings. The van der Waals surface area contributed by atoms with Gasteiger partial charge in [0.05, 0.1) is 6.61 Å². The van der Waals surface area contributed by atoms with Crippen LogP contribution in [-0.2, 0) is 4.74 Å². The quantitative estimate of drug-likeness (QED) is 0.894. The lowest BCUT2D eigenvalue weighted by atomic mass is 10.0. The van der Waals surface area contributed by atoms with Crippen LogP contribution in [0.3, 0.4) is 0 Å². The number of amides is 2. The molecule has 1 aromatic carbocycles. The maximum atomic E-state index is 11.8. The van der Waals surface area contributed by atoms with Crippen LogP contribution in [-0.4, -0.2) is 25.8 Å². The third-order valence-electron chi connectivity index (χ3n) is 3.22. The van der Waals surface area contributed by atoms with E-state index in [4.69, 9.17) is 16.3 Å². The highest BCUT2D eigenvalue weighted by atomic mass is 35.5. The van der Waals surface area contributed by atoms with Crippen LogP contribution < -0.4 is 10.6 Å². The van der Waals surface area contributed by atoms with E-state index in [0.717, 1.165) is 37.3 Å². The van der Waals surface area contributed by atoms with E-state index in [9.17, 15) is 4.79 Å². The van der Waals surface area contributed by atoms with Crippen molar-refractivity contribution in [2.75, 3.05) is 25.1 Å². The van der Waals surface area contributed by atoms with Crippen LogP contribution in [0.4, 0.5) is 10.5 Å². The van der Waals surface area contributed by atoms with E-state index in [1.54, 1.807) is 12.1 Å². The van der Waals surface area contributed by atoms with Gasteiger partial charge in [0.25, 0.3) is 0 Å². The fraction of sp³-hybridized carbons (Fsp3) is 0.500. The van der Waals surface area contributed by atoms with E-state index in [1.807, 2.05) is 13.0 Å². The Hall–Kier alpha value is -1.26. The summed E-state index contributed by atoms with van der Waals surface area (Å²) in [6.45, 7) is 4.14. The first kappa shape index (κ1) is 14.2. The molecule has 2 N–H and O–H groups in total. The molecule has 19 heavy (non-hydrogen) atoms. The van der Waals surface area contributed by atoms with E-state index in [0.29, 0.717) is 17.5 Å². The molecule has 1 aliphatic heterocycles. The summed E-state index contributed by atoms with van der Waals surface area (Å²) >= 11 is 5.94. The molecule has 4 nitrogen and oxygen atoms in total. The predicted octanol–water partition coefficient (Wildman–Crippen LogP) is 3.20. The Bertz CT molecular complexity index is 445. The largest absolute Gasteiger partial charge is 0.381 e. The maximum absolute atomic E-state index is 11.8. The first-order valence-corrected chi connectivity index (χ1v) is 6.91. The molecule has 1 unspecified atom stereocenters. The summed E-state index contributed by atoms with van der Waals surface area (Å²) in [4.78, 5) is 11.8. The normalized spacial score (nSPS) is 18.9. The number of hydrogen-bond acceptors (Lipinski definition) is 2. The van der Waals surface area contributed by atoms with E-state index in [-0.39, 0.29) is 6.03 Å². The number of ether oxygens (including phenoxy) is 1. The predicted molar refractivity (Wildman–Crippen MR) is 76.8 cm³/mol. The molecule has 1 heterocycles. The van der Waals surface area contributed by atoms with Gasteiger partial charge in [-0.3, -0.25) is 0 Å². The highest BCUT2D eigenvalue weighted by Gasteiger charge is 2.14. The fourth-order valence-corrected chi connectivity index (χ4v) is 2.22. The average Bonchev–Trinajstić information content (AvgIpc) is 2.42. The maximum Gasteiger partial charge on any atom is 0.319 e. The van der Waals surface area contributed by atoms with Crippen molar-refractivity contribution in [3.05, 3.63) is 28.8 Å². The molecule has 0 aliphatic carbocycles. The van der Waals surface area contributed by atoms with Gasteiger partial charge < -0.3 is 15.4 Å². The zero-order chi connectivity index (χ0) is 13.7. The standard InChI is InChI=1S/C14H19ClN2O2/c1-10-7-12(4-5-13(10)15)17-14(18)16-8-11-3-2-6-19-9-11/h4-5,7,11H,2-3,6,8-9H2,1H3,(H2,16,17,18). The lowest BCUT2D eigenvalue weighted by molar-refractivity contribution is 0.0559. The molecule has 0 aromatic heterocycles. The Kier molecular flexibility index (Phi) is 5.05. The van der Waals surface area contributed by atoms with Crippen molar-refractivity contribution in [2.45, 2.75) is 19.8 Å². The van der Waals surface area contributed by atoms with Gasteiger partial charge >= 0.3 is 6.03 Å². The Morgan fingerprint density at radius 1 is 1.53 bits per heavy atom. The number of anilines is 1. The highest BCUT2D eigenvalue weighted by Crippen LogP contribution is 2.19. The van der Waals surface area contributed by atoms with Gasteiger partial charge in [0.2, 0.25) is 0 Å². The average molecular weight is 283 g/mol. The van der Waals surface area contributed by atoms with Crippen LogP contribution in [0.1, 0.15) is 18.4 Å². The zero-order valence-electron chi connectivity index (χ0n) is 11.0. The number of carbonyl (C=O) groups excluding carboxylic acids is 1. The van der Waals surface area contributed by atoms with Crippen LogP contribution in [0.15, 0.2) is 18.2 Å². The number of nitrogens with one attached hydrogen (secondary N) is 2. The summed E-state index contributed by atoms with van der Waals surface area (Å²) in [5.41, 5.74) is 1.69. The summed E-state index contributed by atoms with van der Waals surface area (Å²) in [5.74, 6) is 0.423. The van der Waals surface area contributed by atoms with Gasteiger partial charge in [-0.25, -0.2) is 4.79 Å². The summed E-state index contributed by atoms with van der Waals surface area (Å²) in [6, 6.07) is 5.23. The lowest BCUT2D eigenvalue weighted by Crippen LogP contribution is -2.35. The Balaban J connectivity index is 1.78. The van der Waals surface area contributed by atoms with Crippen molar-refractivity contribution in [3.8, 4) is 0 Å². The fourth-order valence-electron chi connectivity index (χ4n) is 2.10. The van der Waals surface area contributed by atoms with Gasteiger partial charge in [-0.1, -0.05) is 11.6 Å². The molecule has 2 amide bonds. The Labute approximate surface area is 118 Å². The van der Waals surface area contributed by atoms with Crippen molar-refractivity contribution in [3.63, 3.8) is 0 Å². The number of carbonyl (C=O) groups is 1. The van der Waals surface area contributed by atoms with Gasteiger partial charge in [0, 0.05) is 23.9 Å². The summed E-state index contributed by atoms with van der Waals surface area (Å²) in [6.07, 6.45) is 2.19. The number of aryl methyl sites for hydroxylation is 1. The molecule has 0 saturated carbocycles. The van der Waals surface area contributed by atoms with E-state index in [1.165, 1.54) is 0 Å². The first-order valence-electron chi connectivity index (χ1n) is 6.54. The van der Waals surface area contributed by atoms with Crippen molar-refractivity contribution in [1.82, 2.24) is 5.32 Å². The number of halogens is 1. The summed E-state index contributed by atoms with van der Waals surface area (Å²) in [5, 5.41) is 6.37. The Morgan fingerprint density at radius 2 is 2.37 bits per heavy atom. The molecule has 0 spiro atoms. The minimum absolute atomic E-state index is 0.188. The highest BCUT2D eigenvalue weighted by molar-refractivity contribution is 6.31. The number of benzene rings is 1. The minimum atomic E-state index is -0.188. The topological polar surface area (TPSA) is 50.4 Å². The smallest absolute Gasteiger partial charge is 0.319 e. The van der Waals surface area contributed by atoms with Crippen LogP contribution in [0.25, 0.3) is 0 Å². The van der Waals surface area contributed by atoms with Gasteiger partial charge in [0.1, 0.15) is 0 Å². The molecule has 1 atom stereocenters. The van der Waals surface area contributed by atoms with E-state index in [2.05, 4.69) is 10.6 Å². The van der Waals surface area contributed by atoms with Crippen molar-refractivity contribution >= 4 is 23.3 Å². The molecule has 104 valence electrons. The third kappa shape index (κ3) is 4.40. The number of urea groups is 1. The number of rotatable bonds is 3. The molecule has 1 saturated heterocycles. The second kappa shape index (κ2) is 6.78. The molecule has 1 fully saturated rings. The van der Waals surface area contributed by atoms with Gasteiger partial charge in [-0.2, -0.15) is 0 Å². The second-order valence-electron chi connectivity index (χ2n) is 4.88. The van der Waals surface area contributed by atoms with E-state index < -0.39 is 0 Å². The van der Waals surface area contributed by atoms with Crippen molar-refractivity contribution in [1.29, 1.82) is 0 Å². The molecular weight excluding hydrogens is 264 g/mol. The van der Waals surface area contributed by atoms with Crippen LogP contribution in [0, 0.1) is 12.8 Å². The SMILES string of the molecule is Cc1cc(NC(=O)NCC2CCCOC2)ccc1Cl. The first-order chi connectivity index (χ1) is 9.15. The van der Waals surface area contributed by atoms with Crippen LogP contribution in [0.5, 0.6) is 0 Å².